The zero-order valence-corrected chi connectivity index (χ0v) is 11.8. The molecule has 1 atom stereocenters. The van der Waals surface area contributed by atoms with Gasteiger partial charge in [-0.15, -0.1) is 0 Å². The smallest absolute Gasteiger partial charge is 0.217 e. The maximum Gasteiger partial charge on any atom is 0.217 e. The van der Waals surface area contributed by atoms with Gasteiger partial charge in [-0.2, -0.15) is 0 Å². The van der Waals surface area contributed by atoms with Crippen molar-refractivity contribution in [2.45, 2.75) is 24.6 Å². The minimum atomic E-state index is -3.40. The summed E-state index contributed by atoms with van der Waals surface area (Å²) in [4.78, 5) is 0. The average Bonchev–Trinajstić information content (AvgIpc) is 3.07. The first kappa shape index (κ1) is 13.5. The molecule has 0 radical (unpaired) electrons. The number of nitrogens with zero attached hydrogens (tertiary/aromatic N) is 1. The number of rotatable bonds is 5. The number of hydrogen-bond acceptors (Lipinski definition) is 5. The predicted octanol–water partition coefficient (Wildman–Crippen LogP) is 0.999. The Balaban J connectivity index is 1.69. The standard InChI is InChI=1S/C13H17N3O3S/c17-20(18,15-8-10-4-3-7-14-10)9-12-11-5-1-2-6-13(11)19-16-12/h1-2,5-6,10,14-15H,3-4,7-9H2. The Hall–Kier alpha value is -1.44. The minimum absolute atomic E-state index is 0.156. The van der Waals surface area contributed by atoms with Gasteiger partial charge in [-0.1, -0.05) is 17.3 Å². The zero-order valence-electron chi connectivity index (χ0n) is 11.0. The lowest BCUT2D eigenvalue weighted by Crippen LogP contribution is -2.37. The van der Waals surface area contributed by atoms with Crippen molar-refractivity contribution < 1.29 is 12.9 Å². The van der Waals surface area contributed by atoms with Crippen LogP contribution in [-0.2, 0) is 15.8 Å². The summed E-state index contributed by atoms with van der Waals surface area (Å²) in [6.07, 6.45) is 2.11. The third-order valence-corrected chi connectivity index (χ3v) is 4.75. The van der Waals surface area contributed by atoms with E-state index < -0.39 is 10.0 Å². The molecule has 1 aromatic heterocycles. The summed E-state index contributed by atoms with van der Waals surface area (Å²) >= 11 is 0. The van der Waals surface area contributed by atoms with Gasteiger partial charge in [0.15, 0.2) is 5.58 Å². The normalized spacial score (nSPS) is 19.7. The van der Waals surface area contributed by atoms with Crippen molar-refractivity contribution in [2.24, 2.45) is 0 Å². The summed E-state index contributed by atoms with van der Waals surface area (Å²) in [7, 11) is -3.40. The molecule has 1 aromatic carbocycles. The highest BCUT2D eigenvalue weighted by atomic mass is 32.2. The first-order valence-corrected chi connectivity index (χ1v) is 8.33. The number of sulfonamides is 1. The molecule has 0 aliphatic carbocycles. The largest absolute Gasteiger partial charge is 0.356 e. The number of nitrogens with one attached hydrogen (secondary N) is 2. The monoisotopic (exact) mass is 295 g/mol. The highest BCUT2D eigenvalue weighted by Gasteiger charge is 2.20. The van der Waals surface area contributed by atoms with Crippen LogP contribution in [0.3, 0.4) is 0 Å². The second-order valence-electron chi connectivity index (χ2n) is 5.03. The molecule has 3 rings (SSSR count). The Bertz CT molecular complexity index is 690. The zero-order chi connectivity index (χ0) is 14.0. The van der Waals surface area contributed by atoms with Gasteiger partial charge in [0.2, 0.25) is 10.0 Å². The summed E-state index contributed by atoms with van der Waals surface area (Å²) in [5.74, 6) is -0.156. The van der Waals surface area contributed by atoms with Gasteiger partial charge in [-0.25, -0.2) is 13.1 Å². The molecule has 7 heteroatoms. The number of aromatic nitrogens is 1. The van der Waals surface area contributed by atoms with Crippen molar-refractivity contribution in [3.8, 4) is 0 Å². The van der Waals surface area contributed by atoms with Crippen LogP contribution in [0.5, 0.6) is 0 Å². The van der Waals surface area contributed by atoms with E-state index in [2.05, 4.69) is 15.2 Å². The van der Waals surface area contributed by atoms with Crippen molar-refractivity contribution in [3.63, 3.8) is 0 Å². The third-order valence-electron chi connectivity index (χ3n) is 3.49. The van der Waals surface area contributed by atoms with Gasteiger partial charge in [0.05, 0.1) is 0 Å². The van der Waals surface area contributed by atoms with E-state index in [1.807, 2.05) is 18.2 Å². The molecule has 0 saturated carbocycles. The third kappa shape index (κ3) is 3.00. The van der Waals surface area contributed by atoms with Crippen LogP contribution in [0, 0.1) is 0 Å². The molecule has 2 heterocycles. The van der Waals surface area contributed by atoms with Gasteiger partial charge in [-0.3, -0.25) is 0 Å². The second kappa shape index (κ2) is 5.51. The lowest BCUT2D eigenvalue weighted by molar-refractivity contribution is 0.448. The lowest BCUT2D eigenvalue weighted by atomic mass is 10.2. The quantitative estimate of drug-likeness (QED) is 0.859. The molecule has 6 nitrogen and oxygen atoms in total. The fourth-order valence-corrected chi connectivity index (χ4v) is 3.56. The topological polar surface area (TPSA) is 84.2 Å². The van der Waals surface area contributed by atoms with E-state index in [4.69, 9.17) is 4.52 Å². The van der Waals surface area contributed by atoms with Gasteiger partial charge in [0.1, 0.15) is 11.4 Å². The second-order valence-corrected chi connectivity index (χ2v) is 6.83. The van der Waals surface area contributed by atoms with E-state index in [-0.39, 0.29) is 11.8 Å². The average molecular weight is 295 g/mol. The van der Waals surface area contributed by atoms with Crippen molar-refractivity contribution >= 4 is 21.0 Å². The predicted molar refractivity (Wildman–Crippen MR) is 75.7 cm³/mol. The van der Waals surface area contributed by atoms with Crippen LogP contribution >= 0.6 is 0 Å². The highest BCUT2D eigenvalue weighted by molar-refractivity contribution is 7.88. The molecular weight excluding hydrogens is 278 g/mol. The molecule has 0 amide bonds. The van der Waals surface area contributed by atoms with Crippen LogP contribution in [0.1, 0.15) is 18.5 Å². The maximum absolute atomic E-state index is 12.1. The molecule has 1 fully saturated rings. The molecule has 2 N–H and O–H groups in total. The number of benzene rings is 1. The minimum Gasteiger partial charge on any atom is -0.356 e. The van der Waals surface area contributed by atoms with Crippen molar-refractivity contribution in [1.82, 2.24) is 15.2 Å². The first-order chi connectivity index (χ1) is 9.64. The summed E-state index contributed by atoms with van der Waals surface area (Å²) < 4.78 is 31.9. The molecule has 0 bridgehead atoms. The Morgan fingerprint density at radius 3 is 3.05 bits per heavy atom. The van der Waals surface area contributed by atoms with Crippen LogP contribution in [0.25, 0.3) is 11.0 Å². The van der Waals surface area contributed by atoms with Gasteiger partial charge < -0.3 is 9.84 Å². The number of fused-ring (bicyclic) bond motifs is 1. The van der Waals surface area contributed by atoms with E-state index >= 15 is 0 Å². The Morgan fingerprint density at radius 2 is 2.25 bits per heavy atom. The molecule has 1 aliphatic rings. The molecule has 1 saturated heterocycles. The first-order valence-electron chi connectivity index (χ1n) is 6.68. The van der Waals surface area contributed by atoms with Gasteiger partial charge >= 0.3 is 0 Å². The van der Waals surface area contributed by atoms with Crippen LogP contribution in [0.4, 0.5) is 0 Å². The van der Waals surface area contributed by atoms with Crippen LogP contribution < -0.4 is 10.0 Å². The fourth-order valence-electron chi connectivity index (χ4n) is 2.43. The van der Waals surface area contributed by atoms with E-state index in [1.165, 1.54) is 0 Å². The van der Waals surface area contributed by atoms with E-state index in [0.717, 1.165) is 24.8 Å². The molecule has 0 spiro atoms. The maximum atomic E-state index is 12.1. The summed E-state index contributed by atoms with van der Waals surface area (Å²) in [5.41, 5.74) is 1.06. The summed E-state index contributed by atoms with van der Waals surface area (Å²) in [5, 5.41) is 7.85. The SMILES string of the molecule is O=S(=O)(Cc1noc2ccccc12)NCC1CCCN1. The van der Waals surface area contributed by atoms with E-state index in [1.54, 1.807) is 6.07 Å². The van der Waals surface area contributed by atoms with Crippen molar-refractivity contribution in [2.75, 3.05) is 13.1 Å². The van der Waals surface area contributed by atoms with Crippen LogP contribution in [-0.4, -0.2) is 32.7 Å². The van der Waals surface area contributed by atoms with Gasteiger partial charge in [-0.05, 0) is 31.5 Å². The van der Waals surface area contributed by atoms with Crippen molar-refractivity contribution in [3.05, 3.63) is 30.0 Å². The molecule has 1 aliphatic heterocycles. The number of hydrogen-bond donors (Lipinski definition) is 2. The van der Waals surface area contributed by atoms with Crippen molar-refractivity contribution in [1.29, 1.82) is 0 Å². The molecule has 108 valence electrons. The highest BCUT2D eigenvalue weighted by Crippen LogP contribution is 2.19. The molecule has 20 heavy (non-hydrogen) atoms. The van der Waals surface area contributed by atoms with Crippen LogP contribution in [0.15, 0.2) is 28.8 Å². The Kier molecular flexibility index (Phi) is 3.73. The Labute approximate surface area is 117 Å². The summed E-state index contributed by atoms with van der Waals surface area (Å²) in [6, 6.07) is 7.49. The molecule has 1 unspecified atom stereocenters. The lowest BCUT2D eigenvalue weighted by Gasteiger charge is -2.11. The van der Waals surface area contributed by atoms with E-state index in [9.17, 15) is 8.42 Å². The Morgan fingerprint density at radius 1 is 1.40 bits per heavy atom. The fraction of sp³-hybridized carbons (Fsp3) is 0.462. The van der Waals surface area contributed by atoms with Gasteiger partial charge in [0.25, 0.3) is 0 Å². The van der Waals surface area contributed by atoms with Gasteiger partial charge in [0, 0.05) is 18.0 Å². The summed E-state index contributed by atoms with van der Waals surface area (Å²) in [6.45, 7) is 1.39. The van der Waals surface area contributed by atoms with E-state index in [0.29, 0.717) is 17.8 Å². The molecular formula is C13H17N3O3S. The number of para-hydroxylation sites is 1. The van der Waals surface area contributed by atoms with Crippen LogP contribution in [0.2, 0.25) is 0 Å². The molecule has 2 aromatic rings.